The van der Waals surface area contributed by atoms with E-state index in [-0.39, 0.29) is 0 Å². The van der Waals surface area contributed by atoms with E-state index in [4.69, 9.17) is 0 Å². The molecule has 0 saturated carbocycles. The summed E-state index contributed by atoms with van der Waals surface area (Å²) in [7, 11) is 1.95. The summed E-state index contributed by atoms with van der Waals surface area (Å²) in [5.41, 5.74) is 1.28. The first-order valence-electron chi connectivity index (χ1n) is 4.55. The third kappa shape index (κ3) is 3.27. The first-order chi connectivity index (χ1) is 6.13. The molecule has 0 radical (unpaired) electrons. The van der Waals surface area contributed by atoms with E-state index in [0.717, 1.165) is 16.7 Å². The van der Waals surface area contributed by atoms with Crippen LogP contribution in [-0.2, 0) is 13.6 Å². The fourth-order valence-electron chi connectivity index (χ4n) is 1.06. The maximum Gasteiger partial charge on any atom is 0.127 e. The van der Waals surface area contributed by atoms with Crippen LogP contribution in [-0.4, -0.2) is 15.8 Å². The molecular weight excluding hydrogens is 277 g/mol. The zero-order valence-electron chi connectivity index (χ0n) is 8.34. The third-order valence-corrected chi connectivity index (χ3v) is 3.02. The summed E-state index contributed by atoms with van der Waals surface area (Å²) in [6.07, 6.45) is 3.23. The van der Waals surface area contributed by atoms with E-state index >= 15 is 0 Å². The average molecular weight is 293 g/mol. The molecule has 1 atom stereocenters. The van der Waals surface area contributed by atoms with Crippen molar-refractivity contribution in [2.45, 2.75) is 32.9 Å². The van der Waals surface area contributed by atoms with E-state index in [1.165, 1.54) is 5.56 Å². The van der Waals surface area contributed by atoms with Crippen LogP contribution in [0.5, 0.6) is 0 Å². The Hall–Kier alpha value is -0.100. The lowest BCUT2D eigenvalue weighted by molar-refractivity contribution is 0.533. The van der Waals surface area contributed by atoms with Crippen molar-refractivity contribution in [2.24, 2.45) is 7.05 Å². The maximum atomic E-state index is 4.28. The number of nitrogens with zero attached hydrogens (tertiary/aromatic N) is 2. The second-order valence-electron chi connectivity index (χ2n) is 3.31. The fourth-order valence-corrected chi connectivity index (χ4v) is 1.73. The summed E-state index contributed by atoms with van der Waals surface area (Å²) >= 11 is 2.27. The lowest BCUT2D eigenvalue weighted by atomic mass is 10.2. The van der Waals surface area contributed by atoms with Gasteiger partial charge in [0.1, 0.15) is 3.70 Å². The first kappa shape index (κ1) is 11.0. The molecule has 0 bridgehead atoms. The number of hydrogen-bond acceptors (Lipinski definition) is 2. The molecule has 4 heteroatoms. The molecule has 0 amide bonds. The van der Waals surface area contributed by atoms with Crippen LogP contribution in [0.25, 0.3) is 0 Å². The van der Waals surface area contributed by atoms with Gasteiger partial charge in [0.25, 0.3) is 0 Å². The van der Waals surface area contributed by atoms with Gasteiger partial charge in [-0.15, -0.1) is 0 Å². The summed E-state index contributed by atoms with van der Waals surface area (Å²) in [6, 6.07) is 0.580. The van der Waals surface area contributed by atoms with Crippen molar-refractivity contribution < 1.29 is 0 Å². The van der Waals surface area contributed by atoms with Crippen LogP contribution in [0.2, 0.25) is 0 Å². The zero-order chi connectivity index (χ0) is 9.84. The van der Waals surface area contributed by atoms with Gasteiger partial charge in [-0.05, 0) is 35.9 Å². The van der Waals surface area contributed by atoms with Gasteiger partial charge in [0.15, 0.2) is 0 Å². The smallest absolute Gasteiger partial charge is 0.127 e. The highest BCUT2D eigenvalue weighted by molar-refractivity contribution is 14.1. The Kier molecular flexibility index (Phi) is 4.18. The molecular formula is C9H16IN3. The van der Waals surface area contributed by atoms with E-state index in [0.29, 0.717) is 6.04 Å². The molecule has 0 spiro atoms. The predicted octanol–water partition coefficient (Wildman–Crippen LogP) is 1.91. The Morgan fingerprint density at radius 2 is 2.38 bits per heavy atom. The SMILES string of the molecule is CC[C@H](C)NCc1cn(C)nc1I. The summed E-state index contributed by atoms with van der Waals surface area (Å²) in [4.78, 5) is 0. The molecule has 0 fully saturated rings. The van der Waals surface area contributed by atoms with Gasteiger partial charge in [-0.2, -0.15) is 5.10 Å². The second kappa shape index (κ2) is 4.95. The Bertz CT molecular complexity index is 270. The van der Waals surface area contributed by atoms with Crippen molar-refractivity contribution >= 4 is 22.6 Å². The number of nitrogens with one attached hydrogen (secondary N) is 1. The second-order valence-corrected chi connectivity index (χ2v) is 4.33. The highest BCUT2D eigenvalue weighted by atomic mass is 127. The molecule has 0 aliphatic rings. The van der Waals surface area contributed by atoms with Gasteiger partial charge in [0.2, 0.25) is 0 Å². The molecule has 3 nitrogen and oxygen atoms in total. The molecule has 1 aromatic heterocycles. The minimum atomic E-state index is 0.580. The van der Waals surface area contributed by atoms with Crippen molar-refractivity contribution in [3.05, 3.63) is 15.5 Å². The monoisotopic (exact) mass is 293 g/mol. The van der Waals surface area contributed by atoms with Crippen molar-refractivity contribution in [3.8, 4) is 0 Å². The van der Waals surface area contributed by atoms with Crippen molar-refractivity contribution in [3.63, 3.8) is 0 Å². The fraction of sp³-hybridized carbons (Fsp3) is 0.667. The van der Waals surface area contributed by atoms with Crippen LogP contribution >= 0.6 is 22.6 Å². The minimum Gasteiger partial charge on any atom is -0.310 e. The van der Waals surface area contributed by atoms with Crippen molar-refractivity contribution in [2.75, 3.05) is 0 Å². The summed E-state index contributed by atoms with van der Waals surface area (Å²) < 4.78 is 2.95. The molecule has 1 aromatic rings. The van der Waals surface area contributed by atoms with Gasteiger partial charge in [0.05, 0.1) is 0 Å². The Balaban J connectivity index is 2.49. The van der Waals surface area contributed by atoms with Crippen molar-refractivity contribution in [1.82, 2.24) is 15.1 Å². The molecule has 1 heterocycles. The lowest BCUT2D eigenvalue weighted by Gasteiger charge is -2.09. The van der Waals surface area contributed by atoms with Crippen LogP contribution in [0, 0.1) is 3.70 Å². The Morgan fingerprint density at radius 1 is 1.69 bits per heavy atom. The van der Waals surface area contributed by atoms with Gasteiger partial charge >= 0.3 is 0 Å². The number of aryl methyl sites for hydroxylation is 1. The minimum absolute atomic E-state index is 0.580. The van der Waals surface area contributed by atoms with E-state index in [1.807, 2.05) is 11.7 Å². The first-order valence-corrected chi connectivity index (χ1v) is 5.62. The highest BCUT2D eigenvalue weighted by Gasteiger charge is 2.05. The van der Waals surface area contributed by atoms with Crippen LogP contribution < -0.4 is 5.32 Å². The number of rotatable bonds is 4. The molecule has 1 N–H and O–H groups in total. The van der Waals surface area contributed by atoms with Crippen molar-refractivity contribution in [1.29, 1.82) is 0 Å². The highest BCUT2D eigenvalue weighted by Crippen LogP contribution is 2.08. The molecule has 0 aliphatic heterocycles. The number of hydrogen-bond donors (Lipinski definition) is 1. The van der Waals surface area contributed by atoms with Gasteiger partial charge in [0, 0.05) is 31.4 Å². The standard InChI is InChI=1S/C9H16IN3/c1-4-7(2)11-5-8-6-13(3)12-9(8)10/h6-7,11H,4-5H2,1-3H3/t7-/m0/s1. The van der Waals surface area contributed by atoms with Gasteiger partial charge in [-0.1, -0.05) is 6.92 Å². The molecule has 1 rings (SSSR count). The van der Waals surface area contributed by atoms with Crippen LogP contribution in [0.15, 0.2) is 6.20 Å². The third-order valence-electron chi connectivity index (χ3n) is 2.11. The zero-order valence-corrected chi connectivity index (χ0v) is 10.5. The molecule has 0 saturated heterocycles. The normalized spacial score (nSPS) is 13.2. The van der Waals surface area contributed by atoms with E-state index in [9.17, 15) is 0 Å². The predicted molar refractivity (Wildman–Crippen MR) is 62.5 cm³/mol. The summed E-state index contributed by atoms with van der Waals surface area (Å²) in [5.74, 6) is 0. The quantitative estimate of drug-likeness (QED) is 0.860. The van der Waals surface area contributed by atoms with Gasteiger partial charge in [-0.3, -0.25) is 4.68 Å². The lowest BCUT2D eigenvalue weighted by Crippen LogP contribution is -2.24. The molecule has 74 valence electrons. The Labute approximate surface area is 93.0 Å². The van der Waals surface area contributed by atoms with E-state index in [1.54, 1.807) is 0 Å². The molecule has 13 heavy (non-hydrogen) atoms. The van der Waals surface area contributed by atoms with E-state index < -0.39 is 0 Å². The summed E-state index contributed by atoms with van der Waals surface area (Å²) in [5, 5.41) is 7.72. The summed E-state index contributed by atoms with van der Waals surface area (Å²) in [6.45, 7) is 5.30. The van der Waals surface area contributed by atoms with Gasteiger partial charge in [-0.25, -0.2) is 0 Å². The van der Waals surface area contributed by atoms with Crippen LogP contribution in [0.4, 0.5) is 0 Å². The number of halogens is 1. The Morgan fingerprint density at radius 3 is 2.85 bits per heavy atom. The molecule has 0 aromatic carbocycles. The molecule has 0 unspecified atom stereocenters. The molecule has 0 aliphatic carbocycles. The topological polar surface area (TPSA) is 29.9 Å². The maximum absolute atomic E-state index is 4.28. The van der Waals surface area contributed by atoms with Crippen LogP contribution in [0.1, 0.15) is 25.8 Å². The van der Waals surface area contributed by atoms with E-state index in [2.05, 4.69) is 53.1 Å². The number of aromatic nitrogens is 2. The van der Waals surface area contributed by atoms with Crippen LogP contribution in [0.3, 0.4) is 0 Å². The largest absolute Gasteiger partial charge is 0.310 e. The average Bonchev–Trinajstić information content (AvgIpc) is 2.41. The van der Waals surface area contributed by atoms with Gasteiger partial charge < -0.3 is 5.32 Å².